The number of Topliss-reactive ketones (excluding diaryl/α,β-unsaturated/α-hetero) is 1. The summed E-state index contributed by atoms with van der Waals surface area (Å²) in [6.07, 6.45) is 4.23. The Morgan fingerprint density at radius 3 is 2.67 bits per heavy atom. The van der Waals surface area contributed by atoms with E-state index in [2.05, 4.69) is 35.3 Å². The predicted molar refractivity (Wildman–Crippen MR) is 123 cm³/mol. The van der Waals surface area contributed by atoms with Crippen LogP contribution in [0.4, 0.5) is 11.5 Å². The molecule has 0 aliphatic carbocycles. The third-order valence-corrected chi connectivity index (χ3v) is 5.45. The van der Waals surface area contributed by atoms with Crippen molar-refractivity contribution in [2.45, 2.75) is 13.0 Å². The summed E-state index contributed by atoms with van der Waals surface area (Å²) in [6.45, 7) is 1.21. The molecule has 0 fully saturated rings. The van der Waals surface area contributed by atoms with Gasteiger partial charge in [-0.3, -0.25) is 12.7 Å². The highest BCUT2D eigenvalue weighted by Crippen LogP contribution is 2.25. The zero-order chi connectivity index (χ0) is 23.5. The van der Waals surface area contributed by atoms with E-state index in [1.165, 1.54) is 33.3 Å². The molecular formula is C19H13IN10O3. The number of halogens is 1. The summed E-state index contributed by atoms with van der Waals surface area (Å²) >= 11 is 1.74. The third kappa shape index (κ3) is 4.39. The molecule has 0 spiro atoms. The molecule has 0 saturated heterocycles. The minimum atomic E-state index is -1.48. The molecule has 3 aromatic heterocycles. The predicted octanol–water partition coefficient (Wildman–Crippen LogP) is 2.13. The van der Waals surface area contributed by atoms with Crippen LogP contribution in [0.25, 0.3) is 17.0 Å². The molecule has 33 heavy (non-hydrogen) atoms. The van der Waals surface area contributed by atoms with E-state index in [-0.39, 0.29) is 23.0 Å². The van der Waals surface area contributed by atoms with E-state index in [0.717, 1.165) is 0 Å². The highest BCUT2D eigenvalue weighted by atomic mass is 127. The van der Waals surface area contributed by atoms with Crippen LogP contribution < -0.4 is 8.80 Å². The Hall–Kier alpha value is -4.26. The van der Waals surface area contributed by atoms with E-state index in [1.807, 2.05) is 6.07 Å². The maximum Gasteiger partial charge on any atom is 0.323 e. The molecule has 4 rings (SSSR count). The lowest BCUT2D eigenvalue weighted by Gasteiger charge is -2.17. The topological polar surface area (TPSA) is 178 Å². The lowest BCUT2D eigenvalue weighted by molar-refractivity contribution is -0.126. The van der Waals surface area contributed by atoms with E-state index in [9.17, 15) is 19.6 Å². The summed E-state index contributed by atoms with van der Waals surface area (Å²) in [6, 6.07) is 6.89. The number of nitrogens with zero attached hydrogens (tertiary/aromatic N) is 8. The van der Waals surface area contributed by atoms with Gasteiger partial charge in [-0.15, -0.1) is 5.11 Å². The number of benzene rings is 1. The van der Waals surface area contributed by atoms with Crippen LogP contribution in [0.1, 0.15) is 12.5 Å². The molecular weight excluding hydrogens is 543 g/mol. The average Bonchev–Trinajstić information content (AvgIpc) is 3.40. The second kappa shape index (κ2) is 9.08. The van der Waals surface area contributed by atoms with E-state index < -0.39 is 17.7 Å². The van der Waals surface area contributed by atoms with Gasteiger partial charge in [0.05, 0.1) is 45.8 Å². The lowest BCUT2D eigenvalue weighted by Crippen LogP contribution is -2.35. The fourth-order valence-electron chi connectivity index (χ4n) is 2.86. The third-order valence-electron chi connectivity index (χ3n) is 4.41. The number of amides is 1. The van der Waals surface area contributed by atoms with Gasteiger partial charge in [0.2, 0.25) is 6.04 Å². The number of fused-ring (bicyclic) bond motifs is 1. The Morgan fingerprint density at radius 2 is 1.97 bits per heavy atom. The number of aromatic amines is 2. The lowest BCUT2D eigenvalue weighted by atomic mass is 10.2. The van der Waals surface area contributed by atoms with Gasteiger partial charge in [-0.2, -0.15) is 20.2 Å². The molecule has 0 aliphatic heterocycles. The fourth-order valence-corrected chi connectivity index (χ4v) is 3.42. The van der Waals surface area contributed by atoms with Crippen LogP contribution in [0.3, 0.4) is 0 Å². The number of azo groups is 1. The number of aromatic nitrogens is 6. The van der Waals surface area contributed by atoms with Crippen molar-refractivity contribution < 1.29 is 9.59 Å². The van der Waals surface area contributed by atoms with Gasteiger partial charge < -0.3 is 9.97 Å². The van der Waals surface area contributed by atoms with E-state index >= 15 is 0 Å². The number of rotatable bonds is 6. The van der Waals surface area contributed by atoms with Gasteiger partial charge in [-0.25, -0.2) is 14.8 Å². The van der Waals surface area contributed by atoms with Gasteiger partial charge in [0.25, 0.3) is 11.9 Å². The molecule has 1 atom stereocenters. The van der Waals surface area contributed by atoms with Gasteiger partial charge in [0, 0.05) is 12.4 Å². The van der Waals surface area contributed by atoms with Gasteiger partial charge in [0.1, 0.15) is 11.6 Å². The summed E-state index contributed by atoms with van der Waals surface area (Å²) in [5, 5.41) is 21.3. The van der Waals surface area contributed by atoms with Crippen LogP contribution in [0, 0.1) is 11.3 Å². The highest BCUT2D eigenvalue weighted by molar-refractivity contribution is 14.1. The normalized spacial score (nSPS) is 12.0. The Balaban J connectivity index is 1.66. The van der Waals surface area contributed by atoms with Crippen molar-refractivity contribution in [3.8, 4) is 12.0 Å². The molecule has 164 valence electrons. The second-order valence-electron chi connectivity index (χ2n) is 6.61. The number of carbonyl (C=O) groups is 2. The van der Waals surface area contributed by atoms with Crippen molar-refractivity contribution in [3.05, 3.63) is 58.9 Å². The van der Waals surface area contributed by atoms with Crippen molar-refractivity contribution in [2.24, 2.45) is 10.2 Å². The largest absolute Gasteiger partial charge is 0.323 e. The van der Waals surface area contributed by atoms with Gasteiger partial charge in [-0.05, 0) is 31.2 Å². The Labute approximate surface area is 198 Å². The SMILES string of the molecule is CC(=O)C(N=Nc1c(C#N)cnn1-c1ncccn1)C(=O)N(I)c1ccc2[nH]c(=O)[nH]c2c1. The van der Waals surface area contributed by atoms with Crippen LogP contribution in [-0.2, 0) is 9.59 Å². The summed E-state index contributed by atoms with van der Waals surface area (Å²) < 4.78 is 2.39. The summed E-state index contributed by atoms with van der Waals surface area (Å²) in [5.41, 5.74) is 1.18. The standard InChI is InChI=1S/C19H13IN10O3/c1-10(31)15(17(32)29(20)12-3-4-13-14(7-12)26-19(33)25-13)27-28-16-11(8-21)9-24-30(16)18-22-5-2-6-23-18/h2-7,9,15H,1H3,(H2,25,26,33). The minimum absolute atomic E-state index is 0.0194. The monoisotopic (exact) mass is 556 g/mol. The molecule has 13 nitrogen and oxygen atoms in total. The van der Waals surface area contributed by atoms with Crippen LogP contribution >= 0.6 is 22.9 Å². The van der Waals surface area contributed by atoms with Gasteiger partial charge >= 0.3 is 5.69 Å². The number of carbonyl (C=O) groups excluding carboxylic acids is 2. The average molecular weight is 556 g/mol. The fraction of sp³-hybridized carbons (Fsp3) is 0.105. The van der Waals surface area contributed by atoms with Crippen molar-refractivity contribution in [3.63, 3.8) is 0 Å². The first kappa shape index (κ1) is 22.0. The molecule has 1 unspecified atom stereocenters. The molecule has 4 aromatic rings. The van der Waals surface area contributed by atoms with Gasteiger partial charge in [0.15, 0.2) is 11.6 Å². The maximum absolute atomic E-state index is 13.0. The summed E-state index contributed by atoms with van der Waals surface area (Å²) in [7, 11) is 0. The number of hydrogen-bond acceptors (Lipinski definition) is 9. The van der Waals surface area contributed by atoms with E-state index in [4.69, 9.17) is 0 Å². The molecule has 0 aliphatic rings. The number of nitrogens with one attached hydrogen (secondary N) is 2. The molecule has 0 radical (unpaired) electrons. The van der Waals surface area contributed by atoms with Crippen molar-refractivity contribution in [1.82, 2.24) is 29.7 Å². The van der Waals surface area contributed by atoms with Crippen molar-refractivity contribution in [1.29, 1.82) is 5.26 Å². The molecule has 1 amide bonds. The number of ketones is 1. The number of hydrogen-bond donors (Lipinski definition) is 2. The van der Waals surface area contributed by atoms with Crippen molar-refractivity contribution >= 4 is 57.1 Å². The smallest absolute Gasteiger partial charge is 0.306 e. The minimum Gasteiger partial charge on any atom is -0.306 e. The second-order valence-corrected chi connectivity index (χ2v) is 7.58. The van der Waals surface area contributed by atoms with Crippen LogP contribution in [-0.4, -0.2) is 47.4 Å². The van der Waals surface area contributed by atoms with Crippen LogP contribution in [0.15, 0.2) is 57.9 Å². The first-order valence-corrected chi connectivity index (χ1v) is 10.2. The molecule has 1 aromatic carbocycles. The number of anilines is 1. The first-order valence-electron chi connectivity index (χ1n) is 9.27. The molecule has 0 saturated carbocycles. The van der Waals surface area contributed by atoms with Gasteiger partial charge in [-0.1, -0.05) is 0 Å². The van der Waals surface area contributed by atoms with E-state index in [0.29, 0.717) is 16.7 Å². The van der Waals surface area contributed by atoms with E-state index in [1.54, 1.807) is 47.1 Å². The zero-order valence-corrected chi connectivity index (χ0v) is 19.0. The Bertz CT molecular complexity index is 1480. The summed E-state index contributed by atoms with van der Waals surface area (Å²) in [5.74, 6) is -1.09. The number of H-pyrrole nitrogens is 2. The van der Waals surface area contributed by atoms with Crippen molar-refractivity contribution in [2.75, 3.05) is 3.11 Å². The zero-order valence-electron chi connectivity index (χ0n) is 16.8. The number of imidazole rings is 1. The molecule has 14 heteroatoms. The number of nitriles is 1. The molecule has 3 heterocycles. The Morgan fingerprint density at radius 1 is 1.24 bits per heavy atom. The molecule has 0 bridgehead atoms. The highest BCUT2D eigenvalue weighted by Gasteiger charge is 2.29. The summed E-state index contributed by atoms with van der Waals surface area (Å²) in [4.78, 5) is 50.1. The van der Waals surface area contributed by atoms with Crippen LogP contribution in [0.2, 0.25) is 0 Å². The quantitative estimate of drug-likeness (QED) is 0.158. The maximum atomic E-state index is 13.0. The first-order chi connectivity index (χ1) is 15.9. The molecule has 2 N–H and O–H groups in total. The Kier molecular flexibility index (Phi) is 6.04. The van der Waals surface area contributed by atoms with Crippen LogP contribution in [0.5, 0.6) is 0 Å².